The molecule has 1 saturated heterocycles. The van der Waals surface area contributed by atoms with E-state index in [-0.39, 0.29) is 6.23 Å². The Morgan fingerprint density at radius 2 is 2.37 bits per heavy atom. The Morgan fingerprint density at radius 3 is 3.11 bits per heavy atom. The molecule has 1 atom stereocenters. The van der Waals surface area contributed by atoms with Crippen LogP contribution in [0.1, 0.15) is 31.1 Å². The van der Waals surface area contributed by atoms with Crippen LogP contribution in [0.3, 0.4) is 0 Å². The first-order valence-corrected chi connectivity index (χ1v) is 6.54. The van der Waals surface area contributed by atoms with Gasteiger partial charge in [-0.15, -0.1) is 0 Å². The molecule has 1 aliphatic rings. The molecule has 0 amide bonds. The molecule has 2 aromatic rings. The molecule has 1 unspecified atom stereocenters. The van der Waals surface area contributed by atoms with Crippen molar-refractivity contribution >= 4 is 16.6 Å². The summed E-state index contributed by atoms with van der Waals surface area (Å²) in [5.41, 5.74) is 8.57. The first kappa shape index (κ1) is 12.0. The average molecular weight is 256 g/mol. The lowest BCUT2D eigenvalue weighted by molar-refractivity contribution is -0.0366. The van der Waals surface area contributed by atoms with Gasteiger partial charge >= 0.3 is 0 Å². The van der Waals surface area contributed by atoms with Crippen molar-refractivity contribution in [3.8, 4) is 6.07 Å². The van der Waals surface area contributed by atoms with Crippen molar-refractivity contribution in [2.45, 2.75) is 31.9 Å². The summed E-state index contributed by atoms with van der Waals surface area (Å²) in [7, 11) is 0. The van der Waals surface area contributed by atoms with Gasteiger partial charge in [0.15, 0.2) is 6.23 Å². The highest BCUT2D eigenvalue weighted by molar-refractivity contribution is 5.91. The molecular formula is C14H16N4O. The molecule has 2 N–H and O–H groups in total. The van der Waals surface area contributed by atoms with Gasteiger partial charge in [0.25, 0.3) is 0 Å². The van der Waals surface area contributed by atoms with E-state index < -0.39 is 0 Å². The number of hydrogen-bond acceptors (Lipinski definition) is 4. The summed E-state index contributed by atoms with van der Waals surface area (Å²) in [5.74, 6) is 0. The lowest BCUT2D eigenvalue weighted by Crippen LogP contribution is -2.19. The van der Waals surface area contributed by atoms with E-state index in [1.807, 2.05) is 16.8 Å². The highest BCUT2D eigenvalue weighted by atomic mass is 16.5. The van der Waals surface area contributed by atoms with Crippen LogP contribution < -0.4 is 5.73 Å². The van der Waals surface area contributed by atoms with Crippen LogP contribution in [-0.4, -0.2) is 16.4 Å². The fourth-order valence-electron chi connectivity index (χ4n) is 2.57. The maximum atomic E-state index is 8.81. The van der Waals surface area contributed by atoms with E-state index >= 15 is 0 Å². The van der Waals surface area contributed by atoms with Crippen molar-refractivity contribution in [1.82, 2.24) is 9.78 Å². The van der Waals surface area contributed by atoms with Gasteiger partial charge in [-0.1, -0.05) is 0 Å². The van der Waals surface area contributed by atoms with Gasteiger partial charge < -0.3 is 10.5 Å². The summed E-state index contributed by atoms with van der Waals surface area (Å²) < 4.78 is 7.66. The average Bonchev–Trinajstić information content (AvgIpc) is 2.84. The van der Waals surface area contributed by atoms with Crippen LogP contribution in [0, 0.1) is 11.3 Å². The Bertz CT molecular complexity index is 635. The number of nitrogens with two attached hydrogens (primary N) is 1. The summed E-state index contributed by atoms with van der Waals surface area (Å²) in [6.45, 7) is 0.777. The fraction of sp³-hybridized carbons (Fsp3) is 0.429. The Morgan fingerprint density at radius 1 is 1.47 bits per heavy atom. The van der Waals surface area contributed by atoms with Crippen molar-refractivity contribution in [2.75, 3.05) is 12.3 Å². The maximum Gasteiger partial charge on any atom is 0.150 e. The van der Waals surface area contributed by atoms with E-state index in [4.69, 9.17) is 15.7 Å². The van der Waals surface area contributed by atoms with Crippen molar-refractivity contribution in [3.63, 3.8) is 0 Å². The molecule has 5 heteroatoms. The Labute approximate surface area is 111 Å². The normalized spacial score (nSPS) is 19.4. The van der Waals surface area contributed by atoms with Crippen molar-refractivity contribution < 1.29 is 4.74 Å². The third-order valence-corrected chi connectivity index (χ3v) is 3.52. The molecule has 0 spiro atoms. The molecular weight excluding hydrogens is 240 g/mol. The molecule has 0 aliphatic carbocycles. The number of nitriles is 1. The quantitative estimate of drug-likeness (QED) is 0.837. The van der Waals surface area contributed by atoms with E-state index in [9.17, 15) is 0 Å². The number of nitrogens with zero attached hydrogens (tertiary/aromatic N) is 3. The summed E-state index contributed by atoms with van der Waals surface area (Å²) in [5, 5.41) is 14.1. The fourth-order valence-corrected chi connectivity index (χ4v) is 2.57. The second-order valence-electron chi connectivity index (χ2n) is 4.86. The smallest absolute Gasteiger partial charge is 0.150 e. The van der Waals surface area contributed by atoms with E-state index in [0.717, 1.165) is 42.3 Å². The molecule has 0 bridgehead atoms. The number of anilines is 1. The van der Waals surface area contributed by atoms with Crippen LogP contribution >= 0.6 is 0 Å². The van der Waals surface area contributed by atoms with Crippen LogP contribution in [-0.2, 0) is 11.2 Å². The third-order valence-electron chi connectivity index (χ3n) is 3.52. The molecule has 0 radical (unpaired) electrons. The van der Waals surface area contributed by atoms with Crippen molar-refractivity contribution in [2.24, 2.45) is 0 Å². The summed E-state index contributed by atoms with van der Waals surface area (Å²) in [6.07, 6.45) is 5.36. The predicted octanol–water partition coefficient (Wildman–Crippen LogP) is 2.38. The van der Waals surface area contributed by atoms with E-state index in [1.54, 1.807) is 6.20 Å². The molecule has 1 fully saturated rings. The Hall–Kier alpha value is -2.06. The highest BCUT2D eigenvalue weighted by Crippen LogP contribution is 2.29. The van der Waals surface area contributed by atoms with Gasteiger partial charge in [0.05, 0.1) is 24.2 Å². The standard InChI is InChI=1S/C14H16N4O/c15-5-4-10-7-12(16)11-9-17-18(13(11)8-10)14-3-1-2-6-19-14/h7-9,14H,1-4,6,16H2. The Kier molecular flexibility index (Phi) is 3.10. The zero-order chi connectivity index (χ0) is 13.2. The van der Waals surface area contributed by atoms with Crippen LogP contribution in [0.2, 0.25) is 0 Å². The SMILES string of the molecule is N#CCc1cc(N)c2cnn(C3CCCCO3)c2c1. The number of rotatable bonds is 2. The molecule has 1 aromatic carbocycles. The number of nitrogen functional groups attached to an aromatic ring is 1. The van der Waals surface area contributed by atoms with E-state index in [2.05, 4.69) is 11.2 Å². The molecule has 2 heterocycles. The number of benzene rings is 1. The second-order valence-corrected chi connectivity index (χ2v) is 4.86. The molecule has 1 aromatic heterocycles. The third kappa shape index (κ3) is 2.15. The van der Waals surface area contributed by atoms with Crippen molar-refractivity contribution in [1.29, 1.82) is 5.26 Å². The van der Waals surface area contributed by atoms with Gasteiger partial charge in [-0.25, -0.2) is 4.68 Å². The summed E-state index contributed by atoms with van der Waals surface area (Å²) in [4.78, 5) is 0. The van der Waals surface area contributed by atoms with Gasteiger partial charge in [-0.05, 0) is 37.0 Å². The van der Waals surface area contributed by atoms with Crippen LogP contribution in [0.25, 0.3) is 10.9 Å². The minimum Gasteiger partial charge on any atom is -0.398 e. The summed E-state index contributed by atoms with van der Waals surface area (Å²) in [6, 6.07) is 5.98. The molecule has 98 valence electrons. The zero-order valence-corrected chi connectivity index (χ0v) is 10.7. The van der Waals surface area contributed by atoms with Gasteiger partial charge in [-0.2, -0.15) is 10.4 Å². The molecule has 5 nitrogen and oxygen atoms in total. The molecule has 0 saturated carbocycles. The molecule has 1 aliphatic heterocycles. The lowest BCUT2D eigenvalue weighted by Gasteiger charge is -2.23. The van der Waals surface area contributed by atoms with Gasteiger partial charge in [0, 0.05) is 17.7 Å². The van der Waals surface area contributed by atoms with Gasteiger partial charge in [-0.3, -0.25) is 0 Å². The number of hydrogen-bond donors (Lipinski definition) is 1. The van der Waals surface area contributed by atoms with Crippen LogP contribution in [0.5, 0.6) is 0 Å². The summed E-state index contributed by atoms with van der Waals surface area (Å²) >= 11 is 0. The number of fused-ring (bicyclic) bond motifs is 1. The van der Waals surface area contributed by atoms with Crippen LogP contribution in [0.4, 0.5) is 5.69 Å². The minimum absolute atomic E-state index is 0.0111. The number of ether oxygens (including phenoxy) is 1. The second kappa shape index (κ2) is 4.90. The first-order valence-electron chi connectivity index (χ1n) is 6.54. The van der Waals surface area contributed by atoms with Crippen LogP contribution in [0.15, 0.2) is 18.3 Å². The van der Waals surface area contributed by atoms with Gasteiger partial charge in [0.1, 0.15) is 0 Å². The lowest BCUT2D eigenvalue weighted by atomic mass is 10.1. The predicted molar refractivity (Wildman–Crippen MR) is 72.3 cm³/mol. The molecule has 19 heavy (non-hydrogen) atoms. The number of aromatic nitrogens is 2. The van der Waals surface area contributed by atoms with E-state index in [1.165, 1.54) is 0 Å². The molecule has 3 rings (SSSR count). The monoisotopic (exact) mass is 256 g/mol. The van der Waals surface area contributed by atoms with Crippen molar-refractivity contribution in [3.05, 3.63) is 23.9 Å². The van der Waals surface area contributed by atoms with E-state index in [0.29, 0.717) is 12.1 Å². The minimum atomic E-state index is -0.0111. The zero-order valence-electron chi connectivity index (χ0n) is 10.7. The van der Waals surface area contributed by atoms with Gasteiger partial charge in [0.2, 0.25) is 0 Å². The largest absolute Gasteiger partial charge is 0.398 e. The topological polar surface area (TPSA) is 76.9 Å². The first-order chi connectivity index (χ1) is 9.29. The maximum absolute atomic E-state index is 8.81. The highest BCUT2D eigenvalue weighted by Gasteiger charge is 2.19. The Balaban J connectivity index is 2.07.